The monoisotopic (exact) mass is 269 g/mol. The van der Waals surface area contributed by atoms with E-state index in [2.05, 4.69) is 37.6 Å². The molecule has 0 spiro atoms. The molecule has 0 aromatic carbocycles. The molecule has 0 saturated carbocycles. The van der Waals surface area contributed by atoms with Gasteiger partial charge in [-0.1, -0.05) is 39.0 Å². The molecule has 3 heteroatoms. The van der Waals surface area contributed by atoms with Gasteiger partial charge in [0, 0.05) is 37.8 Å². The van der Waals surface area contributed by atoms with E-state index in [-0.39, 0.29) is 5.54 Å². The highest BCUT2D eigenvalue weighted by molar-refractivity contribution is 4.91. The first-order valence-electron chi connectivity index (χ1n) is 8.16. The Balaban J connectivity index is 2.34. The third kappa shape index (κ3) is 5.41. The van der Waals surface area contributed by atoms with E-state index in [0.717, 1.165) is 13.1 Å². The van der Waals surface area contributed by atoms with Crippen molar-refractivity contribution in [2.45, 2.75) is 70.9 Å². The summed E-state index contributed by atoms with van der Waals surface area (Å²) in [5.41, 5.74) is 6.30. The minimum absolute atomic E-state index is 0.286. The van der Waals surface area contributed by atoms with Crippen LogP contribution in [0, 0.1) is 0 Å². The van der Waals surface area contributed by atoms with Crippen molar-refractivity contribution in [1.82, 2.24) is 9.80 Å². The molecule has 1 heterocycles. The van der Waals surface area contributed by atoms with Crippen LogP contribution in [0.3, 0.4) is 0 Å². The molecule has 1 rings (SSSR count). The van der Waals surface area contributed by atoms with Gasteiger partial charge in [0.25, 0.3) is 0 Å². The quantitative estimate of drug-likeness (QED) is 0.688. The molecule has 1 aliphatic rings. The zero-order valence-electron chi connectivity index (χ0n) is 13.6. The second-order valence-electron chi connectivity index (χ2n) is 6.80. The van der Waals surface area contributed by atoms with Crippen LogP contribution in [0.1, 0.15) is 59.3 Å². The highest BCUT2D eigenvalue weighted by Gasteiger charge is 2.33. The molecule has 1 aliphatic heterocycles. The van der Waals surface area contributed by atoms with Gasteiger partial charge in [-0.3, -0.25) is 9.80 Å². The smallest absolute Gasteiger partial charge is 0.0277 e. The molecule has 1 unspecified atom stereocenters. The van der Waals surface area contributed by atoms with Gasteiger partial charge in [0.1, 0.15) is 0 Å². The van der Waals surface area contributed by atoms with Crippen molar-refractivity contribution in [3.05, 3.63) is 0 Å². The minimum Gasteiger partial charge on any atom is -0.329 e. The van der Waals surface area contributed by atoms with E-state index in [9.17, 15) is 0 Å². The maximum absolute atomic E-state index is 6.01. The Morgan fingerprint density at radius 2 is 1.79 bits per heavy atom. The molecule has 0 amide bonds. The number of hydrogen-bond acceptors (Lipinski definition) is 3. The summed E-state index contributed by atoms with van der Waals surface area (Å²) in [6, 6.07) is 0.592. The lowest BCUT2D eigenvalue weighted by Gasteiger charge is -2.48. The van der Waals surface area contributed by atoms with Crippen molar-refractivity contribution < 1.29 is 0 Å². The summed E-state index contributed by atoms with van der Waals surface area (Å²) < 4.78 is 0. The molecule has 2 N–H and O–H groups in total. The Morgan fingerprint density at radius 3 is 2.37 bits per heavy atom. The van der Waals surface area contributed by atoms with Gasteiger partial charge < -0.3 is 5.73 Å². The predicted molar refractivity (Wildman–Crippen MR) is 84.5 cm³/mol. The Morgan fingerprint density at radius 1 is 1.11 bits per heavy atom. The Hall–Kier alpha value is -0.120. The molecular weight excluding hydrogens is 234 g/mol. The number of piperazine rings is 1. The zero-order valence-corrected chi connectivity index (χ0v) is 13.6. The molecule has 1 atom stereocenters. The van der Waals surface area contributed by atoms with Crippen LogP contribution in [0.4, 0.5) is 0 Å². The fraction of sp³-hybridized carbons (Fsp3) is 1.00. The van der Waals surface area contributed by atoms with Crippen molar-refractivity contribution >= 4 is 0 Å². The molecule has 114 valence electrons. The summed E-state index contributed by atoms with van der Waals surface area (Å²) in [6.07, 6.45) is 8.10. The third-order valence-corrected chi connectivity index (χ3v) is 4.78. The van der Waals surface area contributed by atoms with Crippen LogP contribution in [-0.4, -0.2) is 54.6 Å². The van der Waals surface area contributed by atoms with Crippen LogP contribution in [0.2, 0.25) is 0 Å². The maximum Gasteiger partial charge on any atom is 0.0277 e. The highest BCUT2D eigenvalue weighted by atomic mass is 15.3. The highest BCUT2D eigenvalue weighted by Crippen LogP contribution is 2.22. The average Bonchev–Trinajstić information content (AvgIpc) is 2.37. The fourth-order valence-corrected chi connectivity index (χ4v) is 3.02. The maximum atomic E-state index is 6.01. The molecule has 0 bridgehead atoms. The number of nitrogens with zero attached hydrogens (tertiary/aromatic N) is 2. The van der Waals surface area contributed by atoms with Crippen LogP contribution >= 0.6 is 0 Å². The Bertz CT molecular complexity index is 240. The summed E-state index contributed by atoms with van der Waals surface area (Å²) in [7, 11) is 2.24. The zero-order chi connectivity index (χ0) is 14.3. The molecule has 0 aromatic rings. The first kappa shape index (κ1) is 16.9. The predicted octanol–water partition coefficient (Wildman–Crippen LogP) is 2.70. The Kier molecular flexibility index (Phi) is 7.33. The van der Waals surface area contributed by atoms with E-state index in [1.54, 1.807) is 0 Å². The van der Waals surface area contributed by atoms with Crippen LogP contribution in [0.15, 0.2) is 0 Å². The van der Waals surface area contributed by atoms with Crippen molar-refractivity contribution in [2.75, 3.05) is 33.2 Å². The van der Waals surface area contributed by atoms with Crippen LogP contribution in [-0.2, 0) is 0 Å². The first-order chi connectivity index (χ1) is 9.01. The number of likely N-dealkylation sites (N-methyl/N-ethyl adjacent to an activating group) is 1. The molecular formula is C16H35N3. The number of unbranched alkanes of at least 4 members (excludes halogenated alkanes) is 4. The van der Waals surface area contributed by atoms with E-state index in [1.807, 2.05) is 0 Å². The Labute approximate surface area is 120 Å². The van der Waals surface area contributed by atoms with Crippen LogP contribution < -0.4 is 5.73 Å². The van der Waals surface area contributed by atoms with Crippen molar-refractivity contribution in [1.29, 1.82) is 0 Å². The summed E-state index contributed by atoms with van der Waals surface area (Å²) >= 11 is 0. The standard InChI is InChI=1S/C16H35N3/c1-5-6-7-8-9-10-15(13-17)19-12-11-18(4)16(2,3)14-19/h15H,5-14,17H2,1-4H3. The second-order valence-corrected chi connectivity index (χ2v) is 6.80. The van der Waals surface area contributed by atoms with Gasteiger partial charge in [-0.05, 0) is 27.3 Å². The van der Waals surface area contributed by atoms with E-state index in [0.29, 0.717) is 6.04 Å². The van der Waals surface area contributed by atoms with E-state index >= 15 is 0 Å². The number of rotatable bonds is 8. The molecule has 3 nitrogen and oxygen atoms in total. The van der Waals surface area contributed by atoms with Crippen LogP contribution in [0.25, 0.3) is 0 Å². The minimum atomic E-state index is 0.286. The molecule has 0 radical (unpaired) electrons. The van der Waals surface area contributed by atoms with Crippen molar-refractivity contribution in [2.24, 2.45) is 5.73 Å². The van der Waals surface area contributed by atoms with Gasteiger partial charge in [-0.25, -0.2) is 0 Å². The molecule has 19 heavy (non-hydrogen) atoms. The van der Waals surface area contributed by atoms with Crippen LogP contribution in [0.5, 0.6) is 0 Å². The fourth-order valence-electron chi connectivity index (χ4n) is 3.02. The van der Waals surface area contributed by atoms with Gasteiger partial charge in [-0.2, -0.15) is 0 Å². The third-order valence-electron chi connectivity index (χ3n) is 4.78. The SMILES string of the molecule is CCCCCCCC(CN)N1CCN(C)C(C)(C)C1. The normalized spacial score (nSPS) is 22.6. The summed E-state index contributed by atoms with van der Waals surface area (Å²) in [6.45, 7) is 11.3. The van der Waals surface area contributed by atoms with Gasteiger partial charge >= 0.3 is 0 Å². The molecule has 1 fully saturated rings. The average molecular weight is 269 g/mol. The van der Waals surface area contributed by atoms with Crippen molar-refractivity contribution in [3.8, 4) is 0 Å². The number of nitrogens with two attached hydrogens (primary N) is 1. The lowest BCUT2D eigenvalue weighted by atomic mass is 9.96. The van der Waals surface area contributed by atoms with E-state index in [4.69, 9.17) is 5.73 Å². The number of hydrogen-bond donors (Lipinski definition) is 1. The van der Waals surface area contributed by atoms with Gasteiger partial charge in [-0.15, -0.1) is 0 Å². The molecule has 0 aliphatic carbocycles. The summed E-state index contributed by atoms with van der Waals surface area (Å²) in [5.74, 6) is 0. The topological polar surface area (TPSA) is 32.5 Å². The first-order valence-corrected chi connectivity index (χ1v) is 8.16. The lowest BCUT2D eigenvalue weighted by molar-refractivity contribution is 0.0161. The second kappa shape index (κ2) is 8.23. The van der Waals surface area contributed by atoms with Gasteiger partial charge in [0.2, 0.25) is 0 Å². The summed E-state index contributed by atoms with van der Waals surface area (Å²) in [5, 5.41) is 0. The van der Waals surface area contributed by atoms with Crippen molar-refractivity contribution in [3.63, 3.8) is 0 Å². The van der Waals surface area contributed by atoms with E-state index in [1.165, 1.54) is 51.6 Å². The van der Waals surface area contributed by atoms with Gasteiger partial charge in [0.05, 0.1) is 0 Å². The lowest BCUT2D eigenvalue weighted by Crippen LogP contribution is -2.60. The van der Waals surface area contributed by atoms with Gasteiger partial charge in [0.15, 0.2) is 0 Å². The molecule has 1 saturated heterocycles. The van der Waals surface area contributed by atoms with E-state index < -0.39 is 0 Å². The summed E-state index contributed by atoms with van der Waals surface area (Å²) in [4.78, 5) is 5.10. The largest absolute Gasteiger partial charge is 0.329 e. The molecule has 0 aromatic heterocycles.